The quantitative estimate of drug-likeness (QED) is 0.562. The molecule has 3 N–H and O–H groups in total. The molecule has 0 unspecified atom stereocenters. The Kier molecular flexibility index (Phi) is 7.15. The van der Waals surface area contributed by atoms with Gasteiger partial charge in [0, 0.05) is 5.56 Å². The molecule has 0 saturated carbocycles. The minimum absolute atomic E-state index is 0.413. The first-order valence-electron chi connectivity index (χ1n) is 4.17. The highest BCUT2D eigenvalue weighted by Gasteiger charge is 2.05. The fraction of sp³-hybridized carbons (Fsp3) is 0. The molecule has 0 saturated heterocycles. The van der Waals surface area contributed by atoms with Crippen molar-refractivity contribution in [2.45, 2.75) is 0 Å². The maximum Gasteiger partial charge on any atom is 0.319 e. The summed E-state index contributed by atoms with van der Waals surface area (Å²) < 4.78 is 4.53. The second kappa shape index (κ2) is 7.91. The molecule has 0 spiro atoms. The van der Waals surface area contributed by atoms with Crippen LogP contribution in [0.3, 0.4) is 0 Å². The van der Waals surface area contributed by atoms with Gasteiger partial charge in [-0.25, -0.2) is 4.79 Å². The van der Waals surface area contributed by atoms with Crippen LogP contribution in [0, 0.1) is 0 Å². The van der Waals surface area contributed by atoms with E-state index in [1.54, 1.807) is 30.3 Å². The standard InChI is InChI=1S/C8H8N2O2.H6OSi2/c9-8(12)10-7(11)6-4-2-1-3-5-6;2-1-3/h1-5H,(H3,9,10,11,12);2-3H3. The van der Waals surface area contributed by atoms with Crippen molar-refractivity contribution in [3.63, 3.8) is 0 Å². The number of rotatable bonds is 1. The Morgan fingerprint density at radius 3 is 2.07 bits per heavy atom. The molecule has 0 aliphatic rings. The molecule has 0 bridgehead atoms. The minimum Gasteiger partial charge on any atom is -0.471 e. The van der Waals surface area contributed by atoms with E-state index in [1.807, 2.05) is 5.32 Å². The first-order chi connectivity index (χ1) is 7.11. The van der Waals surface area contributed by atoms with E-state index in [4.69, 9.17) is 5.73 Å². The smallest absolute Gasteiger partial charge is 0.319 e. The van der Waals surface area contributed by atoms with E-state index in [0.29, 0.717) is 5.56 Å². The van der Waals surface area contributed by atoms with E-state index in [0.717, 1.165) is 21.0 Å². The summed E-state index contributed by atoms with van der Waals surface area (Å²) >= 11 is 0. The monoisotopic (exact) mass is 242 g/mol. The lowest BCUT2D eigenvalue weighted by atomic mass is 10.2. The number of urea groups is 1. The molecular formula is C8H14N2O3Si2. The number of hydrogen-bond donors (Lipinski definition) is 2. The van der Waals surface area contributed by atoms with Gasteiger partial charge < -0.3 is 9.85 Å². The van der Waals surface area contributed by atoms with Gasteiger partial charge >= 0.3 is 6.03 Å². The van der Waals surface area contributed by atoms with Gasteiger partial charge in [-0.1, -0.05) is 18.2 Å². The lowest BCUT2D eigenvalue weighted by molar-refractivity contribution is 0.0966. The number of benzene rings is 1. The molecule has 0 aromatic heterocycles. The zero-order valence-corrected chi connectivity index (χ0v) is 12.7. The van der Waals surface area contributed by atoms with Gasteiger partial charge in [0.1, 0.15) is 21.0 Å². The first kappa shape index (κ1) is 13.6. The number of carbonyl (C=O) groups excluding carboxylic acids is 2. The van der Waals surface area contributed by atoms with E-state index < -0.39 is 11.9 Å². The Balaban J connectivity index is 0.000000583. The number of amides is 3. The van der Waals surface area contributed by atoms with Gasteiger partial charge in [-0.15, -0.1) is 0 Å². The fourth-order valence-electron chi connectivity index (χ4n) is 0.774. The van der Waals surface area contributed by atoms with Crippen molar-refractivity contribution < 1.29 is 13.7 Å². The lowest BCUT2D eigenvalue weighted by Crippen LogP contribution is -2.34. The molecule has 0 aliphatic heterocycles. The second-order valence-electron chi connectivity index (χ2n) is 2.59. The normalized spacial score (nSPS) is 8.80. The molecule has 15 heavy (non-hydrogen) atoms. The fourth-order valence-corrected chi connectivity index (χ4v) is 0.774. The third kappa shape index (κ3) is 6.60. The van der Waals surface area contributed by atoms with Crippen LogP contribution in [0.5, 0.6) is 0 Å². The summed E-state index contributed by atoms with van der Waals surface area (Å²) in [6, 6.07) is 7.53. The van der Waals surface area contributed by atoms with Gasteiger partial charge in [-0.3, -0.25) is 10.1 Å². The number of carbonyl (C=O) groups is 2. The van der Waals surface area contributed by atoms with Crippen LogP contribution < -0.4 is 11.1 Å². The zero-order valence-electron chi connectivity index (χ0n) is 8.69. The van der Waals surface area contributed by atoms with Crippen molar-refractivity contribution in [1.29, 1.82) is 0 Å². The third-order valence-electron chi connectivity index (χ3n) is 1.27. The van der Waals surface area contributed by atoms with E-state index >= 15 is 0 Å². The zero-order chi connectivity index (χ0) is 11.7. The number of hydrogen-bond acceptors (Lipinski definition) is 3. The maximum atomic E-state index is 11.0. The van der Waals surface area contributed by atoms with Gasteiger partial charge in [-0.05, 0) is 12.1 Å². The van der Waals surface area contributed by atoms with E-state index in [9.17, 15) is 9.59 Å². The highest BCUT2D eigenvalue weighted by atomic mass is 28.3. The van der Waals surface area contributed by atoms with Crippen LogP contribution in [0.15, 0.2) is 30.3 Å². The first-order valence-corrected chi connectivity index (χ1v) is 5.81. The highest BCUT2D eigenvalue weighted by Crippen LogP contribution is 1.96. The lowest BCUT2D eigenvalue weighted by Gasteiger charge is -1.98. The predicted molar refractivity (Wildman–Crippen MR) is 64.5 cm³/mol. The molecule has 7 heteroatoms. The average Bonchev–Trinajstić information content (AvgIpc) is 2.19. The molecule has 0 fully saturated rings. The van der Waals surface area contributed by atoms with Crippen LogP contribution in [0.2, 0.25) is 0 Å². The van der Waals surface area contributed by atoms with Crippen LogP contribution in [-0.2, 0) is 4.12 Å². The summed E-state index contributed by atoms with van der Waals surface area (Å²) in [6.07, 6.45) is 0. The minimum atomic E-state index is -0.844. The summed E-state index contributed by atoms with van der Waals surface area (Å²) in [4.78, 5) is 21.3. The molecule has 0 aliphatic carbocycles. The van der Waals surface area contributed by atoms with Crippen molar-refractivity contribution in [3.8, 4) is 0 Å². The molecule has 1 rings (SSSR count). The van der Waals surface area contributed by atoms with E-state index in [1.165, 1.54) is 0 Å². The Hall–Kier alpha value is -1.45. The van der Waals surface area contributed by atoms with Crippen LogP contribution in [0.25, 0.3) is 0 Å². The van der Waals surface area contributed by atoms with Crippen molar-refractivity contribution in [2.24, 2.45) is 5.73 Å². The summed E-state index contributed by atoms with van der Waals surface area (Å²) in [5.74, 6) is -0.483. The second-order valence-corrected chi connectivity index (χ2v) is 5.86. The van der Waals surface area contributed by atoms with Gasteiger partial charge in [0.2, 0.25) is 0 Å². The Labute approximate surface area is 94.1 Å². The van der Waals surface area contributed by atoms with Crippen LogP contribution in [-0.4, -0.2) is 32.9 Å². The van der Waals surface area contributed by atoms with Gasteiger partial charge in [-0.2, -0.15) is 0 Å². The molecule has 82 valence electrons. The van der Waals surface area contributed by atoms with Crippen molar-refractivity contribution in [2.75, 3.05) is 0 Å². The van der Waals surface area contributed by atoms with Crippen LogP contribution in [0.1, 0.15) is 10.4 Å². The number of imide groups is 1. The number of nitrogens with one attached hydrogen (secondary N) is 1. The summed E-state index contributed by atoms with van der Waals surface area (Å²) in [5, 5.41) is 1.96. The van der Waals surface area contributed by atoms with Crippen LogP contribution >= 0.6 is 0 Å². The molecule has 1 aromatic carbocycles. The van der Waals surface area contributed by atoms with Crippen molar-refractivity contribution in [1.82, 2.24) is 5.32 Å². The van der Waals surface area contributed by atoms with E-state index in [2.05, 4.69) is 4.12 Å². The summed E-state index contributed by atoms with van der Waals surface area (Å²) in [7, 11) is 1.86. The Morgan fingerprint density at radius 2 is 1.67 bits per heavy atom. The molecule has 0 heterocycles. The SMILES string of the molecule is NC(=O)NC(=O)c1ccccc1.[SiH3]O[SiH3]. The van der Waals surface area contributed by atoms with Gasteiger partial charge in [0.05, 0.1) is 0 Å². The molecule has 1 aromatic rings. The predicted octanol–water partition coefficient (Wildman–Crippen LogP) is -1.94. The summed E-state index contributed by atoms with van der Waals surface area (Å²) in [6.45, 7) is 0. The van der Waals surface area contributed by atoms with Crippen molar-refractivity contribution >= 4 is 32.9 Å². The Bertz CT molecular complexity index is 319. The average molecular weight is 242 g/mol. The largest absolute Gasteiger partial charge is 0.471 e. The number of primary amides is 1. The third-order valence-corrected chi connectivity index (χ3v) is 1.27. The molecule has 5 nitrogen and oxygen atoms in total. The maximum absolute atomic E-state index is 11.0. The van der Waals surface area contributed by atoms with Crippen molar-refractivity contribution in [3.05, 3.63) is 35.9 Å². The highest BCUT2D eigenvalue weighted by molar-refractivity contribution is 6.15. The molecule has 0 atom stereocenters. The Morgan fingerprint density at radius 1 is 1.20 bits per heavy atom. The molecular weight excluding hydrogens is 228 g/mol. The molecule has 0 radical (unpaired) electrons. The van der Waals surface area contributed by atoms with Gasteiger partial charge in [0.15, 0.2) is 0 Å². The van der Waals surface area contributed by atoms with E-state index in [-0.39, 0.29) is 0 Å². The summed E-state index contributed by atoms with van der Waals surface area (Å²) in [5.41, 5.74) is 5.17. The van der Waals surface area contributed by atoms with Crippen LogP contribution in [0.4, 0.5) is 4.79 Å². The van der Waals surface area contributed by atoms with Gasteiger partial charge in [0.25, 0.3) is 5.91 Å². The molecule has 3 amide bonds. The number of nitrogens with two attached hydrogens (primary N) is 1. The topological polar surface area (TPSA) is 81.4 Å².